The van der Waals surface area contributed by atoms with Crippen molar-refractivity contribution in [3.63, 3.8) is 0 Å². The van der Waals surface area contributed by atoms with Crippen LogP contribution in [0.25, 0.3) is 10.8 Å². The van der Waals surface area contributed by atoms with E-state index in [-0.39, 0.29) is 12.5 Å². The molecule has 0 radical (unpaired) electrons. The van der Waals surface area contributed by atoms with Crippen LogP contribution in [0, 0.1) is 6.92 Å². The Kier molecular flexibility index (Phi) is 3.88. The number of nitrogens with zero attached hydrogens (tertiary/aromatic N) is 1. The van der Waals surface area contributed by atoms with Crippen molar-refractivity contribution in [2.45, 2.75) is 19.4 Å². The zero-order valence-corrected chi connectivity index (χ0v) is 13.0. The van der Waals surface area contributed by atoms with E-state index < -0.39 is 5.60 Å². The number of carbonyl (C=O) groups excluding carboxylic acids is 1. The van der Waals surface area contributed by atoms with Gasteiger partial charge in [-0.15, -0.1) is 0 Å². The predicted molar refractivity (Wildman–Crippen MR) is 87.1 cm³/mol. The van der Waals surface area contributed by atoms with Crippen molar-refractivity contribution in [3.8, 4) is 0 Å². The van der Waals surface area contributed by atoms with Crippen LogP contribution in [0.3, 0.4) is 0 Å². The van der Waals surface area contributed by atoms with Crippen LogP contribution in [-0.2, 0) is 5.60 Å². The first kappa shape index (κ1) is 15.2. The minimum Gasteiger partial charge on any atom is -0.463 e. The molecule has 0 spiro atoms. The number of aliphatic hydroxyl groups is 1. The van der Waals surface area contributed by atoms with Gasteiger partial charge in [0.2, 0.25) is 0 Å². The summed E-state index contributed by atoms with van der Waals surface area (Å²) in [4.78, 5) is 16.6. The second-order valence-corrected chi connectivity index (χ2v) is 5.75. The summed E-state index contributed by atoms with van der Waals surface area (Å²) in [6, 6.07) is 12.9. The van der Waals surface area contributed by atoms with Gasteiger partial charge in [0.25, 0.3) is 5.91 Å². The van der Waals surface area contributed by atoms with Gasteiger partial charge in [-0.2, -0.15) is 0 Å². The van der Waals surface area contributed by atoms with Gasteiger partial charge in [-0.3, -0.25) is 9.78 Å². The molecule has 2 aromatic heterocycles. The fourth-order valence-electron chi connectivity index (χ4n) is 2.45. The molecular weight excluding hydrogens is 292 g/mol. The molecule has 3 aromatic rings. The van der Waals surface area contributed by atoms with Crippen molar-refractivity contribution >= 4 is 16.7 Å². The number of nitrogens with one attached hydrogen (secondary N) is 1. The van der Waals surface area contributed by atoms with E-state index in [9.17, 15) is 9.90 Å². The molecule has 1 amide bonds. The monoisotopic (exact) mass is 310 g/mol. The Morgan fingerprint density at radius 3 is 2.78 bits per heavy atom. The van der Waals surface area contributed by atoms with E-state index >= 15 is 0 Å². The molecule has 0 saturated heterocycles. The quantitative estimate of drug-likeness (QED) is 0.777. The predicted octanol–water partition coefficient (Wildman–Crippen LogP) is 2.77. The zero-order valence-electron chi connectivity index (χ0n) is 13.0. The van der Waals surface area contributed by atoms with E-state index in [1.807, 2.05) is 30.3 Å². The number of carbonyl (C=O) groups is 1. The smallest absolute Gasteiger partial charge is 0.270 e. The van der Waals surface area contributed by atoms with Crippen molar-refractivity contribution in [2.24, 2.45) is 0 Å². The van der Waals surface area contributed by atoms with Gasteiger partial charge < -0.3 is 14.8 Å². The number of aromatic nitrogens is 1. The van der Waals surface area contributed by atoms with Crippen LogP contribution < -0.4 is 5.32 Å². The van der Waals surface area contributed by atoms with Crippen LogP contribution in [0.15, 0.2) is 53.1 Å². The van der Waals surface area contributed by atoms with Crippen LogP contribution in [0.4, 0.5) is 0 Å². The normalized spacial score (nSPS) is 13.7. The highest BCUT2D eigenvalue weighted by molar-refractivity contribution is 6.05. The highest BCUT2D eigenvalue weighted by Gasteiger charge is 2.28. The summed E-state index contributed by atoms with van der Waals surface area (Å²) in [7, 11) is 0. The van der Waals surface area contributed by atoms with E-state index in [0.717, 1.165) is 10.8 Å². The maximum absolute atomic E-state index is 12.4. The minimum atomic E-state index is -1.28. The summed E-state index contributed by atoms with van der Waals surface area (Å²) in [5, 5.41) is 14.9. The molecule has 1 aromatic carbocycles. The van der Waals surface area contributed by atoms with Crippen LogP contribution in [0.2, 0.25) is 0 Å². The van der Waals surface area contributed by atoms with Gasteiger partial charge in [0, 0.05) is 11.6 Å². The molecule has 2 N–H and O–H groups in total. The Balaban J connectivity index is 1.79. The fraction of sp³-hybridized carbons (Fsp3) is 0.222. The summed E-state index contributed by atoms with van der Waals surface area (Å²) in [5.41, 5.74) is -0.941. The van der Waals surface area contributed by atoms with Gasteiger partial charge in [-0.05, 0) is 37.4 Å². The molecule has 118 valence electrons. The van der Waals surface area contributed by atoms with Gasteiger partial charge >= 0.3 is 0 Å². The standard InChI is InChI=1S/C18H18N2O3/c1-12-7-8-15(23-12)18(2,22)11-20-17(21)16-14-6-4-3-5-13(14)9-10-19-16/h3-10,22H,11H2,1-2H3,(H,20,21). The Morgan fingerprint density at radius 1 is 1.26 bits per heavy atom. The van der Waals surface area contributed by atoms with Crippen molar-refractivity contribution in [3.05, 3.63) is 65.9 Å². The molecule has 23 heavy (non-hydrogen) atoms. The third kappa shape index (κ3) is 3.10. The Hall–Kier alpha value is -2.66. The number of amides is 1. The number of pyridine rings is 1. The Morgan fingerprint density at radius 2 is 2.04 bits per heavy atom. The van der Waals surface area contributed by atoms with Gasteiger partial charge in [0.1, 0.15) is 22.8 Å². The number of benzene rings is 1. The number of furan rings is 1. The van der Waals surface area contributed by atoms with Crippen molar-refractivity contribution in [1.82, 2.24) is 10.3 Å². The molecule has 0 aliphatic carbocycles. The lowest BCUT2D eigenvalue weighted by Crippen LogP contribution is -2.38. The van der Waals surface area contributed by atoms with E-state index in [1.54, 1.807) is 32.2 Å². The van der Waals surface area contributed by atoms with E-state index in [4.69, 9.17) is 4.42 Å². The second-order valence-electron chi connectivity index (χ2n) is 5.75. The molecule has 5 heteroatoms. The van der Waals surface area contributed by atoms with Crippen molar-refractivity contribution in [2.75, 3.05) is 6.54 Å². The topological polar surface area (TPSA) is 75.4 Å². The summed E-state index contributed by atoms with van der Waals surface area (Å²) >= 11 is 0. The Bertz CT molecular complexity index is 847. The summed E-state index contributed by atoms with van der Waals surface area (Å²) in [6.45, 7) is 3.43. The summed E-state index contributed by atoms with van der Waals surface area (Å²) in [6.07, 6.45) is 1.60. The maximum atomic E-state index is 12.4. The fourth-order valence-corrected chi connectivity index (χ4v) is 2.45. The van der Waals surface area contributed by atoms with E-state index in [2.05, 4.69) is 10.3 Å². The Labute approximate surface area is 134 Å². The minimum absolute atomic E-state index is 0.0314. The van der Waals surface area contributed by atoms with E-state index in [0.29, 0.717) is 17.2 Å². The largest absolute Gasteiger partial charge is 0.463 e. The summed E-state index contributed by atoms with van der Waals surface area (Å²) < 4.78 is 5.44. The number of aryl methyl sites for hydroxylation is 1. The molecule has 2 heterocycles. The zero-order chi connectivity index (χ0) is 16.4. The van der Waals surface area contributed by atoms with Gasteiger partial charge in [0.15, 0.2) is 0 Å². The molecule has 1 unspecified atom stereocenters. The first-order chi connectivity index (χ1) is 11.0. The molecule has 0 aliphatic rings. The van der Waals surface area contributed by atoms with Gasteiger partial charge in [0.05, 0.1) is 6.54 Å². The SMILES string of the molecule is Cc1ccc(C(C)(O)CNC(=O)c2nccc3ccccc23)o1. The summed E-state index contributed by atoms with van der Waals surface area (Å²) in [5.74, 6) is 0.800. The van der Waals surface area contributed by atoms with Crippen LogP contribution in [0.1, 0.15) is 28.9 Å². The lowest BCUT2D eigenvalue weighted by atomic mass is 10.0. The molecule has 0 saturated carbocycles. The molecule has 0 bridgehead atoms. The lowest BCUT2D eigenvalue weighted by Gasteiger charge is -2.21. The molecule has 3 rings (SSSR count). The van der Waals surface area contributed by atoms with Gasteiger partial charge in [-0.1, -0.05) is 24.3 Å². The molecule has 0 aliphatic heterocycles. The number of hydrogen-bond acceptors (Lipinski definition) is 4. The van der Waals surface area contributed by atoms with Crippen LogP contribution in [0.5, 0.6) is 0 Å². The molecular formula is C18H18N2O3. The third-order valence-electron chi connectivity index (χ3n) is 3.75. The van der Waals surface area contributed by atoms with Crippen molar-refractivity contribution in [1.29, 1.82) is 0 Å². The number of rotatable bonds is 4. The molecule has 1 atom stereocenters. The maximum Gasteiger partial charge on any atom is 0.270 e. The van der Waals surface area contributed by atoms with Gasteiger partial charge in [-0.25, -0.2) is 0 Å². The average molecular weight is 310 g/mol. The van der Waals surface area contributed by atoms with Crippen LogP contribution >= 0.6 is 0 Å². The molecule has 0 fully saturated rings. The first-order valence-electron chi connectivity index (χ1n) is 7.38. The third-order valence-corrected chi connectivity index (χ3v) is 3.75. The van der Waals surface area contributed by atoms with Crippen LogP contribution in [-0.4, -0.2) is 22.5 Å². The van der Waals surface area contributed by atoms with Crippen molar-refractivity contribution < 1.29 is 14.3 Å². The first-order valence-corrected chi connectivity index (χ1v) is 7.38. The van der Waals surface area contributed by atoms with E-state index in [1.165, 1.54) is 0 Å². The average Bonchev–Trinajstić information content (AvgIpc) is 2.99. The number of fused-ring (bicyclic) bond motifs is 1. The highest BCUT2D eigenvalue weighted by Crippen LogP contribution is 2.22. The second kappa shape index (κ2) is 5.85. The highest BCUT2D eigenvalue weighted by atomic mass is 16.4. The molecule has 5 nitrogen and oxygen atoms in total. The lowest BCUT2D eigenvalue weighted by molar-refractivity contribution is 0.0323. The number of hydrogen-bond donors (Lipinski definition) is 2.